The van der Waals surface area contributed by atoms with Crippen molar-refractivity contribution in [1.82, 2.24) is 5.32 Å². The van der Waals surface area contributed by atoms with E-state index in [0.717, 1.165) is 25.9 Å². The summed E-state index contributed by atoms with van der Waals surface area (Å²) in [6.45, 7) is 2.10. The van der Waals surface area contributed by atoms with Gasteiger partial charge in [-0.05, 0) is 12.8 Å². The number of rotatable bonds is 6. The molecule has 3 heteroatoms. The largest absolute Gasteiger partial charge is 0.396 e. The predicted octanol–water partition coefficient (Wildman–Crippen LogP) is 1.14. The summed E-state index contributed by atoms with van der Waals surface area (Å²) in [5.41, 5.74) is 0.217. The Bertz CT molecular complexity index is 155. The molecule has 0 heterocycles. The van der Waals surface area contributed by atoms with E-state index >= 15 is 0 Å². The zero-order valence-corrected chi connectivity index (χ0v) is 7.98. The van der Waals surface area contributed by atoms with Gasteiger partial charge in [-0.2, -0.15) is 0 Å². The third kappa shape index (κ3) is 3.13. The van der Waals surface area contributed by atoms with Crippen molar-refractivity contribution < 1.29 is 5.11 Å². The van der Waals surface area contributed by atoms with Crippen molar-refractivity contribution in [2.75, 3.05) is 25.6 Å². The van der Waals surface area contributed by atoms with Crippen LogP contribution in [0.25, 0.3) is 0 Å². The first-order chi connectivity index (χ1) is 5.83. The van der Waals surface area contributed by atoms with E-state index in [1.165, 1.54) is 0 Å². The molecule has 1 fully saturated rings. The second-order valence-electron chi connectivity index (χ2n) is 3.41. The molecule has 12 heavy (non-hydrogen) atoms. The molecule has 0 spiro atoms. The van der Waals surface area contributed by atoms with Crippen molar-refractivity contribution in [2.24, 2.45) is 5.41 Å². The van der Waals surface area contributed by atoms with Crippen LogP contribution in [0, 0.1) is 5.41 Å². The molecule has 0 unspecified atom stereocenters. The predicted molar refractivity (Wildman–Crippen MR) is 51.5 cm³/mol. The first-order valence-electron chi connectivity index (χ1n) is 4.35. The normalized spacial score (nSPS) is 20.2. The molecule has 0 bridgehead atoms. The standard InChI is InChI=1S/C9H16ClNO/c10-5-1-2-6-11-7-9(8-12)3-4-9/h1-2,11-12H,3-8H2/b2-1+. The van der Waals surface area contributed by atoms with Crippen LogP contribution in [-0.2, 0) is 0 Å². The molecule has 1 saturated carbocycles. The van der Waals surface area contributed by atoms with Crippen LogP contribution in [-0.4, -0.2) is 30.7 Å². The van der Waals surface area contributed by atoms with Crippen LogP contribution in [0.5, 0.6) is 0 Å². The Hall–Kier alpha value is -0.0500. The van der Waals surface area contributed by atoms with Gasteiger partial charge in [0, 0.05) is 31.0 Å². The third-order valence-electron chi connectivity index (χ3n) is 2.31. The highest BCUT2D eigenvalue weighted by atomic mass is 35.5. The summed E-state index contributed by atoms with van der Waals surface area (Å²) in [6.07, 6.45) is 6.26. The summed E-state index contributed by atoms with van der Waals surface area (Å²) in [4.78, 5) is 0. The summed E-state index contributed by atoms with van der Waals surface area (Å²) < 4.78 is 0. The van der Waals surface area contributed by atoms with Crippen molar-refractivity contribution in [2.45, 2.75) is 12.8 Å². The highest BCUT2D eigenvalue weighted by Gasteiger charge is 2.41. The summed E-state index contributed by atoms with van der Waals surface area (Å²) >= 11 is 5.46. The molecule has 1 aliphatic carbocycles. The van der Waals surface area contributed by atoms with E-state index < -0.39 is 0 Å². The van der Waals surface area contributed by atoms with E-state index in [-0.39, 0.29) is 5.41 Å². The van der Waals surface area contributed by atoms with Crippen LogP contribution in [0.4, 0.5) is 0 Å². The minimum Gasteiger partial charge on any atom is -0.396 e. The lowest BCUT2D eigenvalue weighted by Gasteiger charge is -2.10. The molecule has 1 aliphatic rings. The number of allylic oxidation sites excluding steroid dienone is 1. The minimum absolute atomic E-state index is 0.217. The first kappa shape index (κ1) is 10.0. The van der Waals surface area contributed by atoms with E-state index in [1.807, 2.05) is 12.2 Å². The molecule has 0 saturated heterocycles. The van der Waals surface area contributed by atoms with Crippen molar-refractivity contribution in [1.29, 1.82) is 0 Å². The molecular formula is C9H16ClNO. The summed E-state index contributed by atoms with van der Waals surface area (Å²) in [6, 6.07) is 0. The fraction of sp³-hybridized carbons (Fsp3) is 0.778. The Morgan fingerprint density at radius 2 is 2.17 bits per heavy atom. The molecule has 2 N–H and O–H groups in total. The number of aliphatic hydroxyl groups excluding tert-OH is 1. The molecule has 0 aromatic heterocycles. The Morgan fingerprint density at radius 1 is 1.42 bits per heavy atom. The Balaban J connectivity index is 1.99. The zero-order valence-electron chi connectivity index (χ0n) is 7.22. The summed E-state index contributed by atoms with van der Waals surface area (Å²) in [5.74, 6) is 0.576. The van der Waals surface area contributed by atoms with E-state index in [9.17, 15) is 0 Å². The number of aliphatic hydroxyl groups is 1. The minimum atomic E-state index is 0.217. The lowest BCUT2D eigenvalue weighted by Crippen LogP contribution is -2.26. The van der Waals surface area contributed by atoms with Gasteiger partial charge in [-0.1, -0.05) is 12.2 Å². The molecule has 0 radical (unpaired) electrons. The lowest BCUT2D eigenvalue weighted by molar-refractivity contribution is 0.209. The SMILES string of the molecule is OCC1(CNC/C=C/CCl)CC1. The van der Waals surface area contributed by atoms with Crippen LogP contribution < -0.4 is 5.32 Å². The quantitative estimate of drug-likeness (QED) is 0.373. The fourth-order valence-corrected chi connectivity index (χ4v) is 1.26. The van der Waals surface area contributed by atoms with Crippen molar-refractivity contribution >= 4 is 11.6 Å². The highest BCUT2D eigenvalue weighted by Crippen LogP contribution is 2.44. The molecule has 70 valence electrons. The molecule has 2 nitrogen and oxygen atoms in total. The maximum Gasteiger partial charge on any atom is 0.0499 e. The number of hydrogen-bond donors (Lipinski definition) is 2. The fourth-order valence-electron chi connectivity index (χ4n) is 1.13. The van der Waals surface area contributed by atoms with Crippen molar-refractivity contribution in [3.63, 3.8) is 0 Å². The molecule has 0 atom stereocenters. The molecule has 1 rings (SSSR count). The number of halogens is 1. The van der Waals surface area contributed by atoms with Gasteiger partial charge < -0.3 is 10.4 Å². The average Bonchev–Trinajstić information content (AvgIpc) is 2.85. The maximum absolute atomic E-state index is 8.98. The summed E-state index contributed by atoms with van der Waals surface area (Å²) in [7, 11) is 0. The third-order valence-corrected chi connectivity index (χ3v) is 2.49. The molecule has 0 aromatic rings. The van der Waals surface area contributed by atoms with E-state index in [2.05, 4.69) is 5.32 Å². The van der Waals surface area contributed by atoms with Gasteiger partial charge in [0.25, 0.3) is 0 Å². The van der Waals surface area contributed by atoms with Crippen LogP contribution in [0.3, 0.4) is 0 Å². The van der Waals surface area contributed by atoms with Crippen LogP contribution in [0.15, 0.2) is 12.2 Å². The van der Waals surface area contributed by atoms with Crippen molar-refractivity contribution in [3.05, 3.63) is 12.2 Å². The van der Waals surface area contributed by atoms with Gasteiger partial charge >= 0.3 is 0 Å². The first-order valence-corrected chi connectivity index (χ1v) is 4.89. The lowest BCUT2D eigenvalue weighted by atomic mass is 10.1. The highest BCUT2D eigenvalue weighted by molar-refractivity contribution is 6.18. The molecular weight excluding hydrogens is 174 g/mol. The Kier molecular flexibility index (Phi) is 4.06. The van der Waals surface area contributed by atoms with Gasteiger partial charge in [-0.15, -0.1) is 11.6 Å². The van der Waals surface area contributed by atoms with E-state index in [4.69, 9.17) is 16.7 Å². The van der Waals surface area contributed by atoms with E-state index in [0.29, 0.717) is 12.5 Å². The van der Waals surface area contributed by atoms with Gasteiger partial charge in [0.05, 0.1) is 0 Å². The van der Waals surface area contributed by atoms with Crippen LogP contribution in [0.2, 0.25) is 0 Å². The second kappa shape index (κ2) is 4.85. The Labute approximate surface area is 78.6 Å². The van der Waals surface area contributed by atoms with Crippen LogP contribution in [0.1, 0.15) is 12.8 Å². The Morgan fingerprint density at radius 3 is 2.67 bits per heavy atom. The topological polar surface area (TPSA) is 32.3 Å². The monoisotopic (exact) mass is 189 g/mol. The van der Waals surface area contributed by atoms with Crippen LogP contribution >= 0.6 is 11.6 Å². The second-order valence-corrected chi connectivity index (χ2v) is 3.72. The van der Waals surface area contributed by atoms with E-state index in [1.54, 1.807) is 0 Å². The van der Waals surface area contributed by atoms with Crippen molar-refractivity contribution in [3.8, 4) is 0 Å². The number of alkyl halides is 1. The number of nitrogens with one attached hydrogen (secondary N) is 1. The maximum atomic E-state index is 8.98. The molecule has 0 amide bonds. The summed E-state index contributed by atoms with van der Waals surface area (Å²) in [5, 5.41) is 12.2. The smallest absolute Gasteiger partial charge is 0.0499 e. The van der Waals surface area contributed by atoms with Gasteiger partial charge in [0.1, 0.15) is 0 Å². The molecule has 0 aromatic carbocycles. The van der Waals surface area contributed by atoms with Gasteiger partial charge in [-0.25, -0.2) is 0 Å². The van der Waals surface area contributed by atoms with Gasteiger partial charge in [0.15, 0.2) is 0 Å². The number of hydrogen-bond acceptors (Lipinski definition) is 2. The zero-order chi connectivity index (χ0) is 8.86. The average molecular weight is 190 g/mol. The molecule has 0 aliphatic heterocycles. The van der Waals surface area contributed by atoms with Gasteiger partial charge in [-0.3, -0.25) is 0 Å². The van der Waals surface area contributed by atoms with Gasteiger partial charge in [0.2, 0.25) is 0 Å².